The first kappa shape index (κ1) is 16.5. The highest BCUT2D eigenvalue weighted by atomic mass is 32.2. The molecule has 128 valence electrons. The summed E-state index contributed by atoms with van der Waals surface area (Å²) in [7, 11) is -3.58. The van der Waals surface area contributed by atoms with E-state index in [1.54, 1.807) is 41.4 Å². The summed E-state index contributed by atoms with van der Waals surface area (Å²) >= 11 is 0. The summed E-state index contributed by atoms with van der Waals surface area (Å²) in [5, 5.41) is 9.11. The normalized spacial score (nSPS) is 18.3. The van der Waals surface area contributed by atoms with Crippen molar-refractivity contribution in [2.75, 3.05) is 18.4 Å². The molecule has 0 unspecified atom stereocenters. The zero-order valence-corrected chi connectivity index (χ0v) is 13.8. The third kappa shape index (κ3) is 3.92. The summed E-state index contributed by atoms with van der Waals surface area (Å²) in [6.45, 7) is 0.920. The first-order chi connectivity index (χ1) is 11.5. The number of likely N-dealkylation sites (tertiary alicyclic amines) is 1. The molecule has 24 heavy (non-hydrogen) atoms. The van der Waals surface area contributed by atoms with Crippen LogP contribution in [0, 0.1) is 0 Å². The maximum absolute atomic E-state index is 12.4. The number of carbonyl (C=O) groups excluding carboxylic acids is 1. The van der Waals surface area contributed by atoms with Gasteiger partial charge in [-0.2, -0.15) is 5.10 Å². The van der Waals surface area contributed by atoms with Gasteiger partial charge < -0.3 is 10.2 Å². The van der Waals surface area contributed by atoms with Crippen LogP contribution < -0.4 is 10.0 Å². The molecule has 8 nitrogen and oxygen atoms in total. The summed E-state index contributed by atoms with van der Waals surface area (Å²) in [6, 6.07) is 7.66. The van der Waals surface area contributed by atoms with Gasteiger partial charge in [0.05, 0.1) is 16.8 Å². The quantitative estimate of drug-likeness (QED) is 0.775. The molecule has 3 rings (SSSR count). The summed E-state index contributed by atoms with van der Waals surface area (Å²) < 4.78 is 27.5. The fourth-order valence-corrected chi connectivity index (χ4v) is 3.95. The van der Waals surface area contributed by atoms with Crippen molar-refractivity contribution in [2.24, 2.45) is 0 Å². The van der Waals surface area contributed by atoms with E-state index in [1.165, 1.54) is 6.20 Å². The van der Waals surface area contributed by atoms with Gasteiger partial charge in [-0.05, 0) is 25.0 Å². The number of carbonyl (C=O) groups is 1. The molecular weight excluding hydrogens is 330 g/mol. The van der Waals surface area contributed by atoms with Crippen molar-refractivity contribution in [3.05, 3.63) is 42.7 Å². The molecular formula is C15H19N5O3S. The number of benzene rings is 1. The maximum Gasteiger partial charge on any atom is 0.321 e. The standard InChI is InChI=1S/C15H19N5O3S/c21-15(18-13-9-16-17-10-13)20-8-4-5-12(11-20)19-24(22,23)14-6-2-1-3-7-14/h1-3,6-7,9-10,12,19H,4-5,8,11H2,(H,16,17)(H,18,21)/t12-/m0/s1. The smallest absolute Gasteiger partial charge is 0.321 e. The van der Waals surface area contributed by atoms with E-state index >= 15 is 0 Å². The van der Waals surface area contributed by atoms with Crippen LogP contribution in [-0.4, -0.2) is 48.7 Å². The average Bonchev–Trinajstić information content (AvgIpc) is 3.08. The second-order valence-corrected chi connectivity index (χ2v) is 7.35. The van der Waals surface area contributed by atoms with E-state index < -0.39 is 10.0 Å². The molecule has 1 aliphatic heterocycles. The molecule has 3 N–H and O–H groups in total. The second kappa shape index (κ2) is 7.02. The number of nitrogens with zero attached hydrogens (tertiary/aromatic N) is 2. The first-order valence-corrected chi connectivity index (χ1v) is 9.15. The van der Waals surface area contributed by atoms with Crippen LogP contribution in [0.3, 0.4) is 0 Å². The largest absolute Gasteiger partial charge is 0.323 e. The topological polar surface area (TPSA) is 107 Å². The number of aromatic amines is 1. The molecule has 1 aromatic heterocycles. The molecule has 0 aliphatic carbocycles. The van der Waals surface area contributed by atoms with Crippen molar-refractivity contribution in [3.63, 3.8) is 0 Å². The number of hydrogen-bond acceptors (Lipinski definition) is 4. The maximum atomic E-state index is 12.4. The second-order valence-electron chi connectivity index (χ2n) is 5.64. The number of piperidine rings is 1. The van der Waals surface area contributed by atoms with Gasteiger partial charge in [-0.3, -0.25) is 5.10 Å². The number of sulfonamides is 1. The number of rotatable bonds is 4. The Hall–Kier alpha value is -2.39. The molecule has 1 aromatic carbocycles. The molecule has 1 fully saturated rings. The minimum atomic E-state index is -3.58. The highest BCUT2D eigenvalue weighted by Crippen LogP contribution is 2.15. The summed E-state index contributed by atoms with van der Waals surface area (Å²) in [5.41, 5.74) is 0.576. The first-order valence-electron chi connectivity index (χ1n) is 7.67. The Labute approximate surface area is 140 Å². The fraction of sp³-hybridized carbons (Fsp3) is 0.333. The minimum Gasteiger partial charge on any atom is -0.323 e. The van der Waals surface area contributed by atoms with E-state index in [4.69, 9.17) is 0 Å². The lowest BCUT2D eigenvalue weighted by atomic mass is 10.1. The van der Waals surface area contributed by atoms with Crippen LogP contribution in [-0.2, 0) is 10.0 Å². The molecule has 0 spiro atoms. The van der Waals surface area contributed by atoms with Crippen molar-refractivity contribution < 1.29 is 13.2 Å². The predicted molar refractivity (Wildman–Crippen MR) is 89.0 cm³/mol. The molecule has 1 saturated heterocycles. The SMILES string of the molecule is O=C(Nc1cn[nH]c1)N1CCC[C@H](NS(=O)(=O)c2ccccc2)C1. The Balaban J connectivity index is 1.62. The van der Waals surface area contributed by atoms with Crippen LogP contribution in [0.4, 0.5) is 10.5 Å². The Morgan fingerprint density at radius 1 is 1.29 bits per heavy atom. The Kier molecular flexibility index (Phi) is 4.81. The molecule has 2 aromatic rings. The van der Waals surface area contributed by atoms with Crippen LogP contribution in [0.25, 0.3) is 0 Å². The average molecular weight is 349 g/mol. The van der Waals surface area contributed by atoms with Gasteiger partial charge in [0.15, 0.2) is 0 Å². The summed E-state index contributed by atoms with van der Waals surface area (Å²) in [5.74, 6) is 0. The van der Waals surface area contributed by atoms with Gasteiger partial charge >= 0.3 is 6.03 Å². The van der Waals surface area contributed by atoms with Crippen molar-refractivity contribution in [3.8, 4) is 0 Å². The lowest BCUT2D eigenvalue weighted by molar-refractivity contribution is 0.190. The Morgan fingerprint density at radius 2 is 2.08 bits per heavy atom. The van der Waals surface area contributed by atoms with E-state index in [2.05, 4.69) is 20.2 Å². The van der Waals surface area contributed by atoms with Crippen LogP contribution in [0.1, 0.15) is 12.8 Å². The van der Waals surface area contributed by atoms with Crippen LogP contribution in [0.2, 0.25) is 0 Å². The predicted octanol–water partition coefficient (Wildman–Crippen LogP) is 1.38. The van der Waals surface area contributed by atoms with Gasteiger partial charge in [-0.1, -0.05) is 18.2 Å². The van der Waals surface area contributed by atoms with Crippen molar-refractivity contribution in [2.45, 2.75) is 23.8 Å². The number of urea groups is 1. The van der Waals surface area contributed by atoms with Crippen molar-refractivity contribution >= 4 is 21.7 Å². The molecule has 9 heteroatoms. The van der Waals surface area contributed by atoms with Gasteiger partial charge in [0.2, 0.25) is 10.0 Å². The summed E-state index contributed by atoms with van der Waals surface area (Å²) in [4.78, 5) is 14.1. The zero-order valence-electron chi connectivity index (χ0n) is 13.0. The van der Waals surface area contributed by atoms with Crippen LogP contribution in [0.15, 0.2) is 47.6 Å². The molecule has 0 bridgehead atoms. The van der Waals surface area contributed by atoms with E-state index in [1.807, 2.05) is 0 Å². The van der Waals surface area contributed by atoms with E-state index in [0.717, 1.165) is 6.42 Å². The number of hydrogen-bond donors (Lipinski definition) is 3. The molecule has 1 aliphatic rings. The zero-order chi connectivity index (χ0) is 17.0. The number of H-pyrrole nitrogens is 1. The third-order valence-corrected chi connectivity index (χ3v) is 5.37. The number of aromatic nitrogens is 2. The van der Waals surface area contributed by atoms with E-state index in [0.29, 0.717) is 25.2 Å². The molecule has 1 atom stereocenters. The molecule has 0 saturated carbocycles. The van der Waals surface area contributed by atoms with Gasteiger partial charge in [-0.25, -0.2) is 17.9 Å². The Morgan fingerprint density at radius 3 is 2.79 bits per heavy atom. The van der Waals surface area contributed by atoms with Gasteiger partial charge in [0.25, 0.3) is 0 Å². The Bertz CT molecular complexity index is 777. The van der Waals surface area contributed by atoms with Crippen LogP contribution in [0.5, 0.6) is 0 Å². The monoisotopic (exact) mass is 349 g/mol. The van der Waals surface area contributed by atoms with Gasteiger partial charge in [0, 0.05) is 25.3 Å². The van der Waals surface area contributed by atoms with Crippen LogP contribution >= 0.6 is 0 Å². The number of nitrogens with one attached hydrogen (secondary N) is 3. The highest BCUT2D eigenvalue weighted by molar-refractivity contribution is 7.89. The van der Waals surface area contributed by atoms with Crippen molar-refractivity contribution in [1.82, 2.24) is 19.8 Å². The lowest BCUT2D eigenvalue weighted by Gasteiger charge is -2.32. The van der Waals surface area contributed by atoms with Gasteiger partial charge in [0.1, 0.15) is 0 Å². The lowest BCUT2D eigenvalue weighted by Crippen LogP contribution is -2.50. The number of amides is 2. The minimum absolute atomic E-state index is 0.227. The molecule has 2 amide bonds. The van der Waals surface area contributed by atoms with E-state index in [-0.39, 0.29) is 17.0 Å². The number of anilines is 1. The summed E-state index contributed by atoms with van der Waals surface area (Å²) in [6.07, 6.45) is 4.53. The van der Waals surface area contributed by atoms with Crippen molar-refractivity contribution in [1.29, 1.82) is 0 Å². The highest BCUT2D eigenvalue weighted by Gasteiger charge is 2.27. The third-order valence-electron chi connectivity index (χ3n) is 3.83. The van der Waals surface area contributed by atoms with E-state index in [9.17, 15) is 13.2 Å². The fourth-order valence-electron chi connectivity index (χ4n) is 2.67. The van der Waals surface area contributed by atoms with Gasteiger partial charge in [-0.15, -0.1) is 0 Å². The molecule has 0 radical (unpaired) electrons. The molecule has 2 heterocycles.